The normalized spacial score (nSPS) is 13.7. The van der Waals surface area contributed by atoms with Crippen LogP contribution in [0, 0.1) is 10.1 Å². The minimum absolute atomic E-state index is 0.0387. The molecule has 0 spiro atoms. The Morgan fingerprint density at radius 1 is 1.10 bits per heavy atom. The predicted octanol–water partition coefficient (Wildman–Crippen LogP) is 3.49. The number of imide groups is 1. The van der Waals surface area contributed by atoms with Crippen molar-refractivity contribution in [2.24, 2.45) is 0 Å². The highest BCUT2D eigenvalue weighted by molar-refractivity contribution is 6.36. The number of hydrogen-bond donors (Lipinski definition) is 1. The summed E-state index contributed by atoms with van der Waals surface area (Å²) in [5, 5.41) is 14.4. The van der Waals surface area contributed by atoms with Crippen molar-refractivity contribution in [3.63, 3.8) is 0 Å². The van der Waals surface area contributed by atoms with Crippen LogP contribution in [0.4, 0.5) is 11.4 Å². The largest absolute Gasteiger partial charge is 0.495 e. The number of benzene rings is 2. The number of anilines is 1. The number of hydrogen-bond acceptors (Lipinski definition) is 7. The molecule has 1 heterocycles. The molecule has 2 aromatic rings. The van der Waals surface area contributed by atoms with Crippen LogP contribution in [-0.2, 0) is 14.3 Å². The lowest BCUT2D eigenvalue weighted by atomic mass is 10.0. The van der Waals surface area contributed by atoms with Gasteiger partial charge in [-0.25, -0.2) is 0 Å². The van der Waals surface area contributed by atoms with Crippen LogP contribution in [0.5, 0.6) is 5.75 Å². The van der Waals surface area contributed by atoms with Crippen LogP contribution in [0.1, 0.15) is 12.0 Å². The van der Waals surface area contributed by atoms with Gasteiger partial charge in [-0.1, -0.05) is 11.6 Å². The number of nitrogens with one attached hydrogen (secondary N) is 1. The number of nitro benzene ring substituents is 1. The van der Waals surface area contributed by atoms with Crippen LogP contribution in [0.2, 0.25) is 5.02 Å². The van der Waals surface area contributed by atoms with Gasteiger partial charge in [-0.2, -0.15) is 0 Å². The Bertz CT molecular complexity index is 1050. The minimum atomic E-state index is -0.535. The summed E-state index contributed by atoms with van der Waals surface area (Å²) in [5.41, 5.74) is 0.811. The predicted molar refractivity (Wildman–Crippen MR) is 115 cm³/mol. The van der Waals surface area contributed by atoms with Crippen LogP contribution in [0.15, 0.2) is 48.2 Å². The number of halogens is 1. The summed E-state index contributed by atoms with van der Waals surface area (Å²) >= 11 is 6.09. The molecular weight excluding hydrogens is 426 g/mol. The second-order valence-electron chi connectivity index (χ2n) is 6.63. The molecule has 0 fully saturated rings. The lowest BCUT2D eigenvalue weighted by molar-refractivity contribution is -0.384. The third-order valence-electron chi connectivity index (χ3n) is 4.69. The van der Waals surface area contributed by atoms with Gasteiger partial charge in [0.15, 0.2) is 0 Å². The standard InChI is InChI=1S/C21H20ClN3O6/c1-30-11-3-10-24-20(26)18(13-4-7-15(8-5-13)25(28)29)19(21(24)27)23-16-12-14(22)6-9-17(16)31-2/h4-9,12,23H,3,10-11H2,1-2H3. The molecule has 0 saturated heterocycles. The first-order valence-corrected chi connectivity index (χ1v) is 9.70. The van der Waals surface area contributed by atoms with Gasteiger partial charge < -0.3 is 14.8 Å². The van der Waals surface area contributed by atoms with Crippen molar-refractivity contribution in [1.29, 1.82) is 0 Å². The Kier molecular flexibility index (Phi) is 6.88. The summed E-state index contributed by atoms with van der Waals surface area (Å²) in [4.78, 5) is 37.8. The third-order valence-corrected chi connectivity index (χ3v) is 4.92. The van der Waals surface area contributed by atoms with E-state index in [1.807, 2.05) is 0 Å². The number of nitrogens with zero attached hydrogens (tertiary/aromatic N) is 2. The minimum Gasteiger partial charge on any atom is -0.495 e. The maximum Gasteiger partial charge on any atom is 0.278 e. The zero-order chi connectivity index (χ0) is 22.5. The second-order valence-corrected chi connectivity index (χ2v) is 7.07. The fourth-order valence-electron chi connectivity index (χ4n) is 3.19. The summed E-state index contributed by atoms with van der Waals surface area (Å²) in [7, 11) is 3.01. The van der Waals surface area contributed by atoms with Gasteiger partial charge in [0.25, 0.3) is 17.5 Å². The molecule has 3 rings (SSSR count). The molecule has 9 nitrogen and oxygen atoms in total. The van der Waals surface area contributed by atoms with Gasteiger partial charge in [-0.05, 0) is 42.3 Å². The van der Waals surface area contributed by atoms with Crippen molar-refractivity contribution in [3.8, 4) is 5.75 Å². The molecule has 0 unspecified atom stereocenters. The Hall–Kier alpha value is -3.43. The summed E-state index contributed by atoms with van der Waals surface area (Å²) < 4.78 is 10.3. The zero-order valence-corrected chi connectivity index (χ0v) is 17.6. The monoisotopic (exact) mass is 445 g/mol. The highest BCUT2D eigenvalue weighted by Gasteiger charge is 2.39. The number of carbonyl (C=O) groups excluding carboxylic acids is 2. The first-order chi connectivity index (χ1) is 14.9. The van der Waals surface area contributed by atoms with E-state index in [2.05, 4.69) is 5.32 Å². The van der Waals surface area contributed by atoms with E-state index in [9.17, 15) is 19.7 Å². The van der Waals surface area contributed by atoms with Crippen LogP contribution >= 0.6 is 11.6 Å². The van der Waals surface area contributed by atoms with Gasteiger partial charge in [0.1, 0.15) is 11.4 Å². The summed E-state index contributed by atoms with van der Waals surface area (Å²) in [6.07, 6.45) is 0.468. The Morgan fingerprint density at radius 3 is 2.42 bits per heavy atom. The van der Waals surface area contributed by atoms with E-state index >= 15 is 0 Å². The molecule has 2 amide bonds. The summed E-state index contributed by atoms with van der Waals surface area (Å²) in [6, 6.07) is 10.3. The molecule has 0 bridgehead atoms. The lowest BCUT2D eigenvalue weighted by Crippen LogP contribution is -2.33. The fraction of sp³-hybridized carbons (Fsp3) is 0.238. The van der Waals surface area contributed by atoms with Crippen LogP contribution < -0.4 is 10.1 Å². The average Bonchev–Trinajstić information content (AvgIpc) is 2.98. The fourth-order valence-corrected chi connectivity index (χ4v) is 3.36. The van der Waals surface area contributed by atoms with Crippen molar-refractivity contribution in [1.82, 2.24) is 4.90 Å². The lowest BCUT2D eigenvalue weighted by Gasteiger charge is -2.15. The number of nitro groups is 1. The Labute approximate surface area is 183 Å². The first-order valence-electron chi connectivity index (χ1n) is 9.32. The number of ether oxygens (including phenoxy) is 2. The molecule has 0 radical (unpaired) electrons. The van der Waals surface area contributed by atoms with Gasteiger partial charge in [0, 0.05) is 37.4 Å². The van der Waals surface area contributed by atoms with E-state index in [1.165, 1.54) is 38.5 Å². The molecule has 0 aliphatic carbocycles. The molecule has 31 heavy (non-hydrogen) atoms. The molecule has 1 aliphatic rings. The van der Waals surface area contributed by atoms with Gasteiger partial charge in [0.2, 0.25) is 0 Å². The van der Waals surface area contributed by atoms with Crippen molar-refractivity contribution in [2.75, 3.05) is 32.7 Å². The van der Waals surface area contributed by atoms with Crippen molar-refractivity contribution in [2.45, 2.75) is 6.42 Å². The van der Waals surface area contributed by atoms with Gasteiger partial charge in [0.05, 0.1) is 23.3 Å². The Morgan fingerprint density at radius 2 is 1.81 bits per heavy atom. The molecule has 10 heteroatoms. The molecule has 1 N–H and O–H groups in total. The van der Waals surface area contributed by atoms with E-state index in [1.54, 1.807) is 18.2 Å². The maximum atomic E-state index is 13.1. The topological polar surface area (TPSA) is 111 Å². The molecule has 2 aromatic carbocycles. The summed E-state index contributed by atoms with van der Waals surface area (Å²) in [5.74, 6) is -0.590. The maximum absolute atomic E-state index is 13.1. The molecule has 1 aliphatic heterocycles. The van der Waals surface area contributed by atoms with E-state index in [0.29, 0.717) is 35.1 Å². The number of methoxy groups -OCH3 is 2. The molecular formula is C21H20ClN3O6. The third kappa shape index (κ3) is 4.68. The van der Waals surface area contributed by atoms with Crippen molar-refractivity contribution in [3.05, 3.63) is 68.9 Å². The Balaban J connectivity index is 2.05. The SMILES string of the molecule is COCCCN1C(=O)C(Nc2cc(Cl)ccc2OC)=C(c2ccc([N+](=O)[O-])cc2)C1=O. The smallest absolute Gasteiger partial charge is 0.278 e. The average molecular weight is 446 g/mol. The number of carbonyl (C=O) groups is 2. The number of non-ortho nitro benzene ring substituents is 1. The highest BCUT2D eigenvalue weighted by Crippen LogP contribution is 2.35. The van der Waals surface area contributed by atoms with Crippen molar-refractivity contribution < 1.29 is 24.0 Å². The van der Waals surface area contributed by atoms with E-state index in [-0.39, 0.29) is 23.5 Å². The van der Waals surface area contributed by atoms with E-state index in [0.717, 1.165) is 4.90 Å². The molecule has 0 aromatic heterocycles. The molecule has 0 saturated carbocycles. The van der Waals surface area contributed by atoms with E-state index in [4.69, 9.17) is 21.1 Å². The molecule has 0 atom stereocenters. The van der Waals surface area contributed by atoms with Crippen LogP contribution in [0.25, 0.3) is 5.57 Å². The van der Waals surface area contributed by atoms with E-state index < -0.39 is 16.7 Å². The van der Waals surface area contributed by atoms with Gasteiger partial charge in [-0.3, -0.25) is 24.6 Å². The number of amides is 2. The van der Waals surface area contributed by atoms with Crippen LogP contribution in [-0.4, -0.2) is 49.0 Å². The zero-order valence-electron chi connectivity index (χ0n) is 16.9. The van der Waals surface area contributed by atoms with Crippen molar-refractivity contribution >= 4 is 40.4 Å². The summed E-state index contributed by atoms with van der Waals surface area (Å²) in [6.45, 7) is 0.550. The quantitative estimate of drug-likeness (QED) is 0.272. The first kappa shape index (κ1) is 22.3. The van der Waals surface area contributed by atoms with Gasteiger partial charge >= 0.3 is 0 Å². The van der Waals surface area contributed by atoms with Gasteiger partial charge in [-0.15, -0.1) is 0 Å². The van der Waals surface area contributed by atoms with Crippen LogP contribution in [0.3, 0.4) is 0 Å². The highest BCUT2D eigenvalue weighted by atomic mass is 35.5. The molecule has 162 valence electrons. The second kappa shape index (κ2) is 9.59. The number of rotatable bonds is 9.